The van der Waals surface area contributed by atoms with Gasteiger partial charge in [-0.2, -0.15) is 0 Å². The Bertz CT molecular complexity index is 1310. The third-order valence-electron chi connectivity index (χ3n) is 4.80. The summed E-state index contributed by atoms with van der Waals surface area (Å²) in [6.45, 7) is 0. The first-order valence-corrected chi connectivity index (χ1v) is 9.67. The summed E-state index contributed by atoms with van der Waals surface area (Å²) in [7, 11) is -6.00. The zero-order valence-electron chi connectivity index (χ0n) is 16.3. The lowest BCUT2D eigenvalue weighted by Gasteiger charge is -2.05. The van der Waals surface area contributed by atoms with Crippen molar-refractivity contribution >= 4 is 29.0 Å². The van der Waals surface area contributed by atoms with Gasteiger partial charge in [-0.15, -0.1) is 0 Å². The Balaban J connectivity index is 0.000000418. The molecule has 0 aliphatic heterocycles. The fraction of sp³-hybridized carbons (Fsp3) is 0. The third-order valence-corrected chi connectivity index (χ3v) is 4.80. The zero-order valence-corrected chi connectivity index (χ0v) is 16.3. The van der Waals surface area contributed by atoms with Crippen LogP contribution in [0.1, 0.15) is 0 Å². The summed E-state index contributed by atoms with van der Waals surface area (Å²) < 4.78 is 45.4. The zero-order chi connectivity index (χ0) is 21.8. The van der Waals surface area contributed by atoms with E-state index in [1.807, 2.05) is 24.3 Å². The van der Waals surface area contributed by atoms with E-state index >= 15 is 0 Å². The van der Waals surface area contributed by atoms with Crippen LogP contribution in [0.25, 0.3) is 44.2 Å². The molecular formula is C25H17BF4O. The Hall–Kier alpha value is -3.67. The van der Waals surface area contributed by atoms with Gasteiger partial charge in [0.25, 0.3) is 0 Å². The molecule has 0 amide bonds. The molecule has 5 aromatic rings. The number of halogens is 4. The van der Waals surface area contributed by atoms with Crippen molar-refractivity contribution in [2.45, 2.75) is 0 Å². The first-order chi connectivity index (χ1) is 14.9. The van der Waals surface area contributed by atoms with Crippen molar-refractivity contribution in [3.63, 3.8) is 0 Å². The van der Waals surface area contributed by atoms with Crippen LogP contribution in [0.5, 0.6) is 0 Å². The molecule has 0 unspecified atom stereocenters. The van der Waals surface area contributed by atoms with Gasteiger partial charge in [-0.1, -0.05) is 72.8 Å². The summed E-state index contributed by atoms with van der Waals surface area (Å²) in [5.74, 6) is 0.883. The molecule has 1 nitrogen and oxygen atoms in total. The molecule has 0 bridgehead atoms. The molecule has 0 spiro atoms. The SMILES string of the molecule is F[B-](F)(F)F.c1ccc(-c2cc(-c3ccccc3)c3ccc4ccccc4c3[o+]2)cc1. The van der Waals surface area contributed by atoms with E-state index in [-0.39, 0.29) is 0 Å². The Morgan fingerprint density at radius 3 is 1.74 bits per heavy atom. The van der Waals surface area contributed by atoms with E-state index in [4.69, 9.17) is 4.42 Å². The molecule has 1 aromatic heterocycles. The molecule has 31 heavy (non-hydrogen) atoms. The summed E-state index contributed by atoms with van der Waals surface area (Å²) in [6, 6.07) is 35.7. The summed E-state index contributed by atoms with van der Waals surface area (Å²) >= 11 is 0. The van der Waals surface area contributed by atoms with Crippen LogP contribution in [-0.2, 0) is 0 Å². The van der Waals surface area contributed by atoms with Crippen LogP contribution in [0.4, 0.5) is 17.3 Å². The van der Waals surface area contributed by atoms with Gasteiger partial charge in [0, 0.05) is 5.56 Å². The minimum absolute atomic E-state index is 0.883. The van der Waals surface area contributed by atoms with Gasteiger partial charge < -0.3 is 17.3 Å². The van der Waals surface area contributed by atoms with E-state index < -0.39 is 7.25 Å². The van der Waals surface area contributed by atoms with Crippen molar-refractivity contribution < 1.29 is 21.7 Å². The maximum absolute atomic E-state index is 9.75. The highest BCUT2D eigenvalue weighted by Crippen LogP contribution is 2.37. The van der Waals surface area contributed by atoms with Gasteiger partial charge in [-0.05, 0) is 35.2 Å². The summed E-state index contributed by atoms with van der Waals surface area (Å²) in [5, 5.41) is 3.46. The smallest absolute Gasteiger partial charge is 0.418 e. The van der Waals surface area contributed by atoms with Gasteiger partial charge in [-0.3, -0.25) is 0 Å². The minimum Gasteiger partial charge on any atom is -0.418 e. The second-order valence-corrected chi connectivity index (χ2v) is 6.91. The first-order valence-electron chi connectivity index (χ1n) is 9.67. The maximum atomic E-state index is 9.75. The summed E-state index contributed by atoms with van der Waals surface area (Å²) in [4.78, 5) is 0. The largest absolute Gasteiger partial charge is 0.673 e. The van der Waals surface area contributed by atoms with Crippen molar-refractivity contribution in [3.8, 4) is 22.5 Å². The molecular weight excluding hydrogens is 403 g/mol. The summed E-state index contributed by atoms with van der Waals surface area (Å²) in [6.07, 6.45) is 0. The van der Waals surface area contributed by atoms with Crippen molar-refractivity contribution in [1.29, 1.82) is 0 Å². The topological polar surface area (TPSA) is 11.3 Å². The molecule has 0 fully saturated rings. The second-order valence-electron chi connectivity index (χ2n) is 6.91. The van der Waals surface area contributed by atoms with Gasteiger partial charge in [0.05, 0.1) is 22.4 Å². The average Bonchev–Trinajstić information content (AvgIpc) is 2.78. The van der Waals surface area contributed by atoms with E-state index in [0.717, 1.165) is 27.7 Å². The Kier molecular flexibility index (Phi) is 5.71. The molecule has 0 aliphatic rings. The van der Waals surface area contributed by atoms with Crippen molar-refractivity contribution in [2.24, 2.45) is 0 Å². The molecule has 0 saturated heterocycles. The number of benzene rings is 4. The van der Waals surface area contributed by atoms with E-state index in [9.17, 15) is 17.3 Å². The monoisotopic (exact) mass is 420 g/mol. The number of hydrogen-bond acceptors (Lipinski definition) is 0. The molecule has 6 heteroatoms. The van der Waals surface area contributed by atoms with E-state index in [2.05, 4.69) is 78.9 Å². The molecule has 0 atom stereocenters. The predicted octanol–water partition coefficient (Wildman–Crippen LogP) is 8.50. The molecule has 5 rings (SSSR count). The lowest BCUT2D eigenvalue weighted by atomic mass is 9.97. The van der Waals surface area contributed by atoms with Gasteiger partial charge >= 0.3 is 18.6 Å². The van der Waals surface area contributed by atoms with Crippen LogP contribution in [0.15, 0.2) is 108 Å². The van der Waals surface area contributed by atoms with Crippen LogP contribution in [0.3, 0.4) is 0 Å². The Morgan fingerprint density at radius 1 is 0.548 bits per heavy atom. The highest BCUT2D eigenvalue weighted by Gasteiger charge is 2.22. The van der Waals surface area contributed by atoms with Crippen LogP contribution >= 0.6 is 0 Å². The third kappa shape index (κ3) is 4.91. The second kappa shape index (κ2) is 8.60. The maximum Gasteiger partial charge on any atom is 0.673 e. The average molecular weight is 420 g/mol. The quantitative estimate of drug-likeness (QED) is 0.121. The van der Waals surface area contributed by atoms with Crippen LogP contribution in [0, 0.1) is 0 Å². The predicted molar refractivity (Wildman–Crippen MR) is 119 cm³/mol. The highest BCUT2D eigenvalue weighted by atomic mass is 19.5. The lowest BCUT2D eigenvalue weighted by molar-refractivity contribution is 0.368. The fourth-order valence-electron chi connectivity index (χ4n) is 3.51. The standard InChI is InChI=1S/C25H17O.BF4/c1-3-9-18(10-4-1)23-17-24(20-12-5-2-6-13-20)26-25-21-14-8-7-11-19(21)15-16-22(23)25;2-1(3,4)5/h1-17H;/q+1;-1. The van der Waals surface area contributed by atoms with Gasteiger partial charge in [0.15, 0.2) is 0 Å². The van der Waals surface area contributed by atoms with Gasteiger partial charge in [-0.25, -0.2) is 4.42 Å². The molecule has 0 radical (unpaired) electrons. The number of rotatable bonds is 2. The molecule has 0 aliphatic carbocycles. The fourth-order valence-corrected chi connectivity index (χ4v) is 3.51. The summed E-state index contributed by atoms with van der Waals surface area (Å²) in [5.41, 5.74) is 4.40. The van der Waals surface area contributed by atoms with Gasteiger partial charge in [0.1, 0.15) is 0 Å². The van der Waals surface area contributed by atoms with Crippen molar-refractivity contribution in [1.82, 2.24) is 0 Å². The molecule has 4 aromatic carbocycles. The van der Waals surface area contributed by atoms with Crippen LogP contribution in [-0.4, -0.2) is 7.25 Å². The lowest BCUT2D eigenvalue weighted by Crippen LogP contribution is -2.02. The van der Waals surface area contributed by atoms with E-state index in [0.29, 0.717) is 0 Å². The van der Waals surface area contributed by atoms with Gasteiger partial charge in [0.2, 0.25) is 0 Å². The highest BCUT2D eigenvalue weighted by molar-refractivity contribution is 6.50. The minimum atomic E-state index is -6.00. The first kappa shape index (κ1) is 20.6. The van der Waals surface area contributed by atoms with Crippen LogP contribution in [0.2, 0.25) is 0 Å². The molecule has 0 saturated carbocycles. The molecule has 154 valence electrons. The molecule has 0 N–H and O–H groups in total. The Morgan fingerprint density at radius 2 is 1.10 bits per heavy atom. The van der Waals surface area contributed by atoms with Crippen molar-refractivity contribution in [2.75, 3.05) is 0 Å². The van der Waals surface area contributed by atoms with E-state index in [1.165, 1.54) is 16.5 Å². The van der Waals surface area contributed by atoms with E-state index in [1.54, 1.807) is 0 Å². The normalized spacial score (nSPS) is 11.2. The molecule has 1 heterocycles. The van der Waals surface area contributed by atoms with Crippen LogP contribution < -0.4 is 0 Å². The number of fused-ring (bicyclic) bond motifs is 3. The Labute approximate surface area is 176 Å². The van der Waals surface area contributed by atoms with Crippen molar-refractivity contribution in [3.05, 3.63) is 103 Å². The number of hydrogen-bond donors (Lipinski definition) is 0.